The van der Waals surface area contributed by atoms with Crippen LogP contribution in [-0.4, -0.2) is 13.1 Å². The first-order valence-corrected chi connectivity index (χ1v) is 6.98. The second kappa shape index (κ2) is 7.27. The van der Waals surface area contributed by atoms with Crippen molar-refractivity contribution in [3.63, 3.8) is 0 Å². The van der Waals surface area contributed by atoms with Gasteiger partial charge in [0.15, 0.2) is 0 Å². The minimum atomic E-state index is 0.932. The Kier molecular flexibility index (Phi) is 6.31. The fourth-order valence-corrected chi connectivity index (χ4v) is 2.84. The molecule has 1 aliphatic carbocycles. The molecule has 0 bridgehead atoms. The normalized spacial score (nSPS) is 28.2. The van der Waals surface area contributed by atoms with Gasteiger partial charge in [0, 0.05) is 0 Å². The Bertz CT molecular complexity index is 155. The van der Waals surface area contributed by atoms with Gasteiger partial charge in [-0.2, -0.15) is 0 Å². The lowest BCUT2D eigenvalue weighted by Gasteiger charge is -2.22. The van der Waals surface area contributed by atoms with Crippen LogP contribution in [0.25, 0.3) is 0 Å². The van der Waals surface area contributed by atoms with Gasteiger partial charge >= 0.3 is 0 Å². The molecule has 1 rings (SSSR count). The summed E-state index contributed by atoms with van der Waals surface area (Å²) in [5, 5.41) is 3.60. The molecular weight excluding hydrogens is 182 g/mol. The Labute approximate surface area is 96.0 Å². The van der Waals surface area contributed by atoms with Gasteiger partial charge < -0.3 is 5.32 Å². The zero-order valence-electron chi connectivity index (χ0n) is 10.9. The van der Waals surface area contributed by atoms with Crippen LogP contribution in [0.2, 0.25) is 0 Å². The number of rotatable bonds is 7. The maximum atomic E-state index is 3.60. The monoisotopic (exact) mass is 211 g/mol. The summed E-state index contributed by atoms with van der Waals surface area (Å²) in [6, 6.07) is 0. The number of hydrogen-bond donors (Lipinski definition) is 1. The third-order valence-corrected chi connectivity index (χ3v) is 4.05. The van der Waals surface area contributed by atoms with Crippen molar-refractivity contribution in [2.75, 3.05) is 13.1 Å². The molecule has 0 heterocycles. The van der Waals surface area contributed by atoms with Crippen LogP contribution in [0, 0.1) is 17.8 Å². The Balaban J connectivity index is 2.23. The molecule has 0 amide bonds. The molecule has 1 heteroatoms. The second-order valence-electron chi connectivity index (χ2n) is 5.40. The standard InChI is InChI=1S/C14H29N/c1-4-9-15-11-14-8-6-7-13(14)10-12(3)5-2/h12-15H,4-11H2,1-3H3. The summed E-state index contributed by atoms with van der Waals surface area (Å²) in [5.74, 6) is 2.93. The van der Waals surface area contributed by atoms with E-state index in [1.807, 2.05) is 0 Å². The third kappa shape index (κ3) is 4.55. The van der Waals surface area contributed by atoms with Crippen molar-refractivity contribution < 1.29 is 0 Å². The molecule has 0 spiro atoms. The summed E-state index contributed by atoms with van der Waals surface area (Å²) in [7, 11) is 0. The molecule has 1 N–H and O–H groups in total. The van der Waals surface area contributed by atoms with Crippen LogP contribution in [0.1, 0.15) is 59.3 Å². The van der Waals surface area contributed by atoms with Crippen molar-refractivity contribution in [2.24, 2.45) is 17.8 Å². The van der Waals surface area contributed by atoms with E-state index in [9.17, 15) is 0 Å². The summed E-state index contributed by atoms with van der Waals surface area (Å²) >= 11 is 0. The van der Waals surface area contributed by atoms with E-state index >= 15 is 0 Å². The van der Waals surface area contributed by atoms with Crippen LogP contribution >= 0.6 is 0 Å². The van der Waals surface area contributed by atoms with Gasteiger partial charge in [0.25, 0.3) is 0 Å². The van der Waals surface area contributed by atoms with Crippen LogP contribution in [0.15, 0.2) is 0 Å². The van der Waals surface area contributed by atoms with Gasteiger partial charge in [0.2, 0.25) is 0 Å². The predicted octanol–water partition coefficient (Wildman–Crippen LogP) is 3.84. The van der Waals surface area contributed by atoms with Crippen LogP contribution in [0.5, 0.6) is 0 Å². The van der Waals surface area contributed by atoms with E-state index in [-0.39, 0.29) is 0 Å². The molecule has 3 unspecified atom stereocenters. The maximum Gasteiger partial charge on any atom is -0.00179 e. The molecule has 3 atom stereocenters. The molecule has 0 saturated heterocycles. The first-order chi connectivity index (χ1) is 7.27. The lowest BCUT2D eigenvalue weighted by atomic mass is 9.86. The van der Waals surface area contributed by atoms with Crippen molar-refractivity contribution >= 4 is 0 Å². The lowest BCUT2D eigenvalue weighted by molar-refractivity contribution is 0.300. The highest BCUT2D eigenvalue weighted by atomic mass is 14.9. The first-order valence-electron chi connectivity index (χ1n) is 6.98. The van der Waals surface area contributed by atoms with E-state index in [0.717, 1.165) is 17.8 Å². The molecule has 1 aliphatic rings. The van der Waals surface area contributed by atoms with Crippen molar-refractivity contribution in [3.05, 3.63) is 0 Å². The van der Waals surface area contributed by atoms with Gasteiger partial charge in [-0.25, -0.2) is 0 Å². The molecule has 0 aromatic rings. The van der Waals surface area contributed by atoms with E-state index in [1.54, 1.807) is 0 Å². The topological polar surface area (TPSA) is 12.0 Å². The van der Waals surface area contributed by atoms with Crippen molar-refractivity contribution in [1.82, 2.24) is 5.32 Å². The van der Waals surface area contributed by atoms with Crippen LogP contribution in [0.4, 0.5) is 0 Å². The van der Waals surface area contributed by atoms with E-state index in [2.05, 4.69) is 26.1 Å². The lowest BCUT2D eigenvalue weighted by Crippen LogP contribution is -2.26. The SMILES string of the molecule is CCCNCC1CCCC1CC(C)CC. The highest BCUT2D eigenvalue weighted by Gasteiger charge is 2.27. The molecule has 90 valence electrons. The van der Waals surface area contributed by atoms with Gasteiger partial charge in [-0.05, 0) is 50.1 Å². The largest absolute Gasteiger partial charge is 0.316 e. The molecule has 0 aromatic heterocycles. The van der Waals surface area contributed by atoms with E-state index < -0.39 is 0 Å². The highest BCUT2D eigenvalue weighted by molar-refractivity contribution is 4.80. The van der Waals surface area contributed by atoms with Gasteiger partial charge in [0.1, 0.15) is 0 Å². The summed E-state index contributed by atoms with van der Waals surface area (Å²) in [6.07, 6.45) is 8.52. The summed E-state index contributed by atoms with van der Waals surface area (Å²) in [6.45, 7) is 9.46. The first kappa shape index (κ1) is 13.0. The minimum absolute atomic E-state index is 0.932. The summed E-state index contributed by atoms with van der Waals surface area (Å²) in [5.41, 5.74) is 0. The molecular formula is C14H29N. The predicted molar refractivity (Wildman–Crippen MR) is 68.1 cm³/mol. The molecule has 0 aliphatic heterocycles. The zero-order valence-corrected chi connectivity index (χ0v) is 10.9. The number of nitrogens with one attached hydrogen (secondary N) is 1. The number of hydrogen-bond acceptors (Lipinski definition) is 1. The van der Waals surface area contributed by atoms with Gasteiger partial charge in [-0.1, -0.05) is 40.0 Å². The average molecular weight is 211 g/mol. The smallest absolute Gasteiger partial charge is 0.00179 e. The van der Waals surface area contributed by atoms with Crippen LogP contribution in [-0.2, 0) is 0 Å². The fourth-order valence-electron chi connectivity index (χ4n) is 2.84. The highest BCUT2D eigenvalue weighted by Crippen LogP contribution is 2.36. The Morgan fingerprint density at radius 2 is 1.93 bits per heavy atom. The molecule has 15 heavy (non-hydrogen) atoms. The summed E-state index contributed by atoms with van der Waals surface area (Å²) in [4.78, 5) is 0. The van der Waals surface area contributed by atoms with Gasteiger partial charge in [0.05, 0.1) is 0 Å². The van der Waals surface area contributed by atoms with Gasteiger partial charge in [-0.15, -0.1) is 0 Å². The van der Waals surface area contributed by atoms with Crippen LogP contribution < -0.4 is 5.32 Å². The minimum Gasteiger partial charge on any atom is -0.316 e. The zero-order chi connectivity index (χ0) is 11.1. The second-order valence-corrected chi connectivity index (χ2v) is 5.40. The summed E-state index contributed by atoms with van der Waals surface area (Å²) < 4.78 is 0. The van der Waals surface area contributed by atoms with Crippen molar-refractivity contribution in [1.29, 1.82) is 0 Å². The van der Waals surface area contributed by atoms with E-state index in [1.165, 1.54) is 51.6 Å². The molecule has 0 radical (unpaired) electrons. The third-order valence-electron chi connectivity index (χ3n) is 4.05. The average Bonchev–Trinajstić information content (AvgIpc) is 2.66. The van der Waals surface area contributed by atoms with E-state index in [0.29, 0.717) is 0 Å². The maximum absolute atomic E-state index is 3.60. The Hall–Kier alpha value is -0.0400. The van der Waals surface area contributed by atoms with Crippen molar-refractivity contribution in [3.8, 4) is 0 Å². The fraction of sp³-hybridized carbons (Fsp3) is 1.00. The Morgan fingerprint density at radius 1 is 1.20 bits per heavy atom. The Morgan fingerprint density at radius 3 is 2.60 bits per heavy atom. The molecule has 1 nitrogen and oxygen atoms in total. The van der Waals surface area contributed by atoms with Gasteiger partial charge in [-0.3, -0.25) is 0 Å². The van der Waals surface area contributed by atoms with Crippen molar-refractivity contribution in [2.45, 2.75) is 59.3 Å². The molecule has 1 saturated carbocycles. The quantitative estimate of drug-likeness (QED) is 0.631. The molecule has 0 aromatic carbocycles. The van der Waals surface area contributed by atoms with E-state index in [4.69, 9.17) is 0 Å². The van der Waals surface area contributed by atoms with Crippen LogP contribution in [0.3, 0.4) is 0 Å². The molecule has 1 fully saturated rings.